The van der Waals surface area contributed by atoms with Gasteiger partial charge in [0.15, 0.2) is 11.5 Å². The van der Waals surface area contributed by atoms with E-state index in [9.17, 15) is 4.79 Å². The topological polar surface area (TPSA) is 78.1 Å². The number of methoxy groups -OCH3 is 1. The van der Waals surface area contributed by atoms with Gasteiger partial charge in [0.25, 0.3) is 0 Å². The molecule has 24 heavy (non-hydrogen) atoms. The predicted octanol–water partition coefficient (Wildman–Crippen LogP) is 3.43. The second kappa shape index (κ2) is 7.25. The summed E-state index contributed by atoms with van der Waals surface area (Å²) in [7, 11) is 1.35. The van der Waals surface area contributed by atoms with Crippen LogP contribution >= 0.6 is 0 Å². The first-order valence-corrected chi connectivity index (χ1v) is 7.85. The minimum atomic E-state index is -0.472. The van der Waals surface area contributed by atoms with E-state index in [1.54, 1.807) is 6.92 Å². The van der Waals surface area contributed by atoms with Crippen molar-refractivity contribution < 1.29 is 9.53 Å². The van der Waals surface area contributed by atoms with Crippen LogP contribution in [0, 0.1) is 6.92 Å². The fraction of sp³-hybridized carbons (Fsp3) is 0.316. The van der Waals surface area contributed by atoms with Crippen molar-refractivity contribution in [3.8, 4) is 0 Å². The second-order valence-electron chi connectivity index (χ2n) is 5.98. The highest BCUT2D eigenvalue weighted by molar-refractivity contribution is 5.90. The largest absolute Gasteiger partial charge is 0.464 e. The van der Waals surface area contributed by atoms with Crippen LogP contribution in [0.1, 0.15) is 59.8 Å². The van der Waals surface area contributed by atoms with Crippen LogP contribution in [0.2, 0.25) is 0 Å². The number of carbonyl (C=O) groups excluding carboxylic acids is 1. The van der Waals surface area contributed by atoms with E-state index < -0.39 is 5.97 Å². The molecule has 0 aliphatic heterocycles. The van der Waals surface area contributed by atoms with Gasteiger partial charge in [0.2, 0.25) is 0 Å². The lowest BCUT2D eigenvalue weighted by atomic mass is 10.00. The molecule has 126 valence electrons. The number of allylic oxidation sites excluding steroid dienone is 1. The molecule has 0 radical (unpaired) electrons. The van der Waals surface area contributed by atoms with E-state index in [1.165, 1.54) is 7.11 Å². The Labute approximate surface area is 142 Å². The number of hydrogen-bond donors (Lipinski definition) is 1. The lowest BCUT2D eigenvalue weighted by Gasteiger charge is -2.16. The maximum Gasteiger partial charge on any atom is 0.357 e. The Kier molecular flexibility index (Phi) is 5.34. The zero-order valence-corrected chi connectivity index (χ0v) is 14.8. The summed E-state index contributed by atoms with van der Waals surface area (Å²) in [6.07, 6.45) is 0. The standard InChI is InChI=1S/C19H23N3O2/c1-11(2)16-12(3)17(19(23)24-5)22-18(21-16)15(13(4)20)14-9-7-6-8-10-14/h6-11H,20H2,1-5H3. The third-order valence-corrected chi connectivity index (χ3v) is 3.79. The van der Waals surface area contributed by atoms with E-state index >= 15 is 0 Å². The van der Waals surface area contributed by atoms with Gasteiger partial charge >= 0.3 is 5.97 Å². The number of benzene rings is 1. The molecule has 0 aliphatic rings. The highest BCUT2D eigenvalue weighted by Gasteiger charge is 2.22. The van der Waals surface area contributed by atoms with Crippen LogP contribution in [0.5, 0.6) is 0 Å². The minimum Gasteiger partial charge on any atom is -0.464 e. The van der Waals surface area contributed by atoms with E-state index in [-0.39, 0.29) is 11.6 Å². The van der Waals surface area contributed by atoms with Crippen LogP contribution in [0.4, 0.5) is 0 Å². The zero-order valence-electron chi connectivity index (χ0n) is 14.8. The Balaban J connectivity index is 2.75. The number of carbonyl (C=O) groups is 1. The van der Waals surface area contributed by atoms with Crippen molar-refractivity contribution in [2.75, 3.05) is 7.11 Å². The average molecular weight is 325 g/mol. The monoisotopic (exact) mass is 325 g/mol. The van der Waals surface area contributed by atoms with E-state index in [2.05, 4.69) is 4.98 Å². The van der Waals surface area contributed by atoms with Gasteiger partial charge in [-0.1, -0.05) is 44.2 Å². The lowest BCUT2D eigenvalue weighted by molar-refractivity contribution is 0.0592. The molecule has 1 aromatic heterocycles. The summed E-state index contributed by atoms with van der Waals surface area (Å²) < 4.78 is 4.88. The first kappa shape index (κ1) is 17.7. The second-order valence-corrected chi connectivity index (χ2v) is 5.98. The van der Waals surface area contributed by atoms with Gasteiger partial charge in [-0.05, 0) is 25.3 Å². The summed E-state index contributed by atoms with van der Waals surface area (Å²) in [5.41, 5.74) is 10.2. The van der Waals surface area contributed by atoms with Gasteiger partial charge in [-0.3, -0.25) is 0 Å². The first-order valence-electron chi connectivity index (χ1n) is 7.85. The Morgan fingerprint density at radius 2 is 1.79 bits per heavy atom. The van der Waals surface area contributed by atoms with Gasteiger partial charge < -0.3 is 10.5 Å². The molecule has 2 aromatic rings. The van der Waals surface area contributed by atoms with Crippen LogP contribution in [0.25, 0.3) is 5.57 Å². The summed E-state index contributed by atoms with van der Waals surface area (Å²) >= 11 is 0. The van der Waals surface area contributed by atoms with Crippen LogP contribution in [0.15, 0.2) is 36.0 Å². The van der Waals surface area contributed by atoms with Crippen molar-refractivity contribution >= 4 is 11.5 Å². The fourth-order valence-corrected chi connectivity index (χ4v) is 2.64. The Morgan fingerprint density at radius 3 is 2.29 bits per heavy atom. The maximum absolute atomic E-state index is 12.1. The SMILES string of the molecule is COC(=O)c1nc(C(=C(C)N)c2ccccc2)nc(C(C)C)c1C. The van der Waals surface area contributed by atoms with Gasteiger partial charge in [0, 0.05) is 16.8 Å². The Bertz CT molecular complexity index is 777. The van der Waals surface area contributed by atoms with Gasteiger partial charge in [0.05, 0.1) is 12.8 Å². The molecule has 0 fully saturated rings. The van der Waals surface area contributed by atoms with Gasteiger partial charge in [-0.25, -0.2) is 14.8 Å². The van der Waals surface area contributed by atoms with Gasteiger partial charge in [0.1, 0.15) is 0 Å². The summed E-state index contributed by atoms with van der Waals surface area (Å²) in [5.74, 6) is 0.112. The van der Waals surface area contributed by atoms with Crippen molar-refractivity contribution in [3.63, 3.8) is 0 Å². The van der Waals surface area contributed by atoms with E-state index in [1.807, 2.05) is 51.1 Å². The molecule has 0 atom stereocenters. The number of nitrogens with two attached hydrogens (primary N) is 1. The lowest BCUT2D eigenvalue weighted by Crippen LogP contribution is -2.15. The number of ether oxygens (including phenoxy) is 1. The summed E-state index contributed by atoms with van der Waals surface area (Å²) in [6.45, 7) is 7.70. The number of nitrogens with zero attached hydrogens (tertiary/aromatic N) is 2. The molecule has 0 aliphatic carbocycles. The predicted molar refractivity (Wildman–Crippen MR) is 94.5 cm³/mol. The van der Waals surface area contributed by atoms with Crippen LogP contribution in [0.3, 0.4) is 0 Å². The average Bonchev–Trinajstić information content (AvgIpc) is 2.56. The van der Waals surface area contributed by atoms with E-state index in [4.69, 9.17) is 15.5 Å². The number of rotatable bonds is 4. The molecule has 0 saturated heterocycles. The molecule has 0 saturated carbocycles. The van der Waals surface area contributed by atoms with Crippen molar-refractivity contribution in [2.45, 2.75) is 33.6 Å². The summed E-state index contributed by atoms with van der Waals surface area (Å²) in [6, 6.07) is 9.68. The van der Waals surface area contributed by atoms with Gasteiger partial charge in [-0.2, -0.15) is 0 Å². The molecule has 0 unspecified atom stereocenters. The van der Waals surface area contributed by atoms with Crippen molar-refractivity contribution in [3.05, 3.63) is 64.4 Å². The molecule has 0 spiro atoms. The normalized spacial score (nSPS) is 12.1. The third-order valence-electron chi connectivity index (χ3n) is 3.79. The van der Waals surface area contributed by atoms with Crippen LogP contribution in [-0.4, -0.2) is 23.0 Å². The molecular weight excluding hydrogens is 302 g/mol. The smallest absolute Gasteiger partial charge is 0.357 e. The first-order chi connectivity index (χ1) is 11.4. The van der Waals surface area contributed by atoms with Crippen molar-refractivity contribution in [1.82, 2.24) is 9.97 Å². The number of aromatic nitrogens is 2. The fourth-order valence-electron chi connectivity index (χ4n) is 2.64. The third kappa shape index (κ3) is 3.45. The molecule has 2 rings (SSSR count). The quantitative estimate of drug-likeness (QED) is 0.871. The van der Waals surface area contributed by atoms with Crippen LogP contribution < -0.4 is 5.73 Å². The number of hydrogen-bond acceptors (Lipinski definition) is 5. The molecule has 5 nitrogen and oxygen atoms in total. The Hall–Kier alpha value is -2.69. The molecule has 1 aromatic carbocycles. The highest BCUT2D eigenvalue weighted by Crippen LogP contribution is 2.27. The van der Waals surface area contributed by atoms with Crippen LogP contribution in [-0.2, 0) is 4.74 Å². The van der Waals surface area contributed by atoms with Gasteiger partial charge in [-0.15, -0.1) is 0 Å². The number of esters is 1. The Morgan fingerprint density at radius 1 is 1.17 bits per heavy atom. The van der Waals surface area contributed by atoms with Crippen molar-refractivity contribution in [2.24, 2.45) is 5.73 Å². The minimum absolute atomic E-state index is 0.144. The molecule has 5 heteroatoms. The molecule has 2 N–H and O–H groups in total. The summed E-state index contributed by atoms with van der Waals surface area (Å²) in [5, 5.41) is 0. The summed E-state index contributed by atoms with van der Waals surface area (Å²) in [4.78, 5) is 21.3. The molecule has 0 bridgehead atoms. The zero-order chi connectivity index (χ0) is 17.9. The molecular formula is C19H23N3O2. The molecule has 1 heterocycles. The molecule has 0 amide bonds. The highest BCUT2D eigenvalue weighted by atomic mass is 16.5. The van der Waals surface area contributed by atoms with Crippen molar-refractivity contribution in [1.29, 1.82) is 0 Å². The van der Waals surface area contributed by atoms with E-state index in [0.717, 1.165) is 22.4 Å². The van der Waals surface area contributed by atoms with E-state index in [0.29, 0.717) is 11.5 Å². The maximum atomic E-state index is 12.1.